The molecule has 0 aromatic carbocycles. The molecule has 2 aliphatic carbocycles. The summed E-state index contributed by atoms with van der Waals surface area (Å²) in [5.74, 6) is -3.48. The van der Waals surface area contributed by atoms with Crippen molar-refractivity contribution >= 4 is 34.1 Å². The summed E-state index contributed by atoms with van der Waals surface area (Å²) in [6.07, 6.45) is 6.27. The zero-order valence-electron chi connectivity index (χ0n) is 24.6. The molecule has 2 aromatic rings. The number of fused-ring (bicyclic) bond motifs is 2. The van der Waals surface area contributed by atoms with Gasteiger partial charge in [-0.15, -0.1) is 0 Å². The largest absolute Gasteiger partial charge is 0.463 e. The van der Waals surface area contributed by atoms with Gasteiger partial charge in [-0.2, -0.15) is 15.2 Å². The van der Waals surface area contributed by atoms with E-state index >= 15 is 8.78 Å². The Morgan fingerprint density at radius 2 is 1.96 bits per heavy atom. The third-order valence-corrected chi connectivity index (χ3v) is 10.7. The van der Waals surface area contributed by atoms with Crippen molar-refractivity contribution in [2.45, 2.75) is 56.0 Å². The molecule has 2 aromatic heterocycles. The number of aromatic nitrogens is 3. The van der Waals surface area contributed by atoms with Gasteiger partial charge in [0, 0.05) is 67.9 Å². The lowest BCUT2D eigenvalue weighted by Crippen LogP contribution is -2.36. The van der Waals surface area contributed by atoms with E-state index < -0.39 is 34.8 Å². The Balaban J connectivity index is 1.29. The highest BCUT2D eigenvalue weighted by Gasteiger charge is 2.47. The van der Waals surface area contributed by atoms with Crippen LogP contribution in [0.5, 0.6) is 6.01 Å². The molecule has 9 nitrogen and oxygen atoms in total. The Kier molecular flexibility index (Phi) is 7.90. The maximum atomic E-state index is 16.6. The third-order valence-electron chi connectivity index (χ3n) is 9.50. The van der Waals surface area contributed by atoms with Gasteiger partial charge in [-0.3, -0.25) is 9.88 Å². The van der Waals surface area contributed by atoms with E-state index in [-0.39, 0.29) is 51.5 Å². The maximum Gasteiger partial charge on any atom is 0.319 e. The van der Waals surface area contributed by atoms with E-state index in [2.05, 4.69) is 14.9 Å². The monoisotopic (exact) mass is 642 g/mol. The minimum atomic E-state index is -1.14. The van der Waals surface area contributed by atoms with E-state index in [0.29, 0.717) is 56.4 Å². The molecule has 0 radical (unpaired) electrons. The Hall–Kier alpha value is -3.41. The number of likely N-dealkylation sites (tertiary alicyclic amines) is 1. The molecule has 0 bridgehead atoms. The molecule has 5 aliphatic rings. The van der Waals surface area contributed by atoms with Crippen molar-refractivity contribution in [3.63, 3.8) is 0 Å². The molecule has 4 atom stereocenters. The van der Waals surface area contributed by atoms with Crippen molar-refractivity contribution in [2.75, 3.05) is 44.2 Å². The van der Waals surface area contributed by atoms with Gasteiger partial charge in [-0.25, -0.2) is 17.6 Å². The number of thioether (sulfide) groups is 1. The van der Waals surface area contributed by atoms with Crippen LogP contribution in [0.4, 0.5) is 23.4 Å². The number of halogens is 4. The minimum Gasteiger partial charge on any atom is -0.463 e. The predicted octanol–water partition coefficient (Wildman–Crippen LogP) is 4.66. The molecule has 3 fully saturated rings. The van der Waals surface area contributed by atoms with Crippen LogP contribution in [0.2, 0.25) is 0 Å². The SMILES string of the molecule is N#CC1=C(N)SC2C(F)=CC(F)=C(c3ncc4c(N5CCCCC(N)C5)nc(OCC5(CN6CC[C@@H](F)C6)CC5)nc4c3F)C12. The number of rotatable bonds is 7. The fourth-order valence-electron chi connectivity index (χ4n) is 6.93. The smallest absolute Gasteiger partial charge is 0.319 e. The van der Waals surface area contributed by atoms with Crippen molar-refractivity contribution in [1.29, 1.82) is 5.26 Å². The van der Waals surface area contributed by atoms with Crippen LogP contribution in [-0.4, -0.2) is 76.6 Å². The molecule has 7 rings (SSSR count). The van der Waals surface area contributed by atoms with Gasteiger partial charge in [0.25, 0.3) is 0 Å². The third kappa shape index (κ3) is 5.63. The molecule has 0 amide bonds. The van der Waals surface area contributed by atoms with Gasteiger partial charge in [-0.05, 0) is 32.1 Å². The summed E-state index contributed by atoms with van der Waals surface area (Å²) in [5, 5.41) is 9.14. The van der Waals surface area contributed by atoms with E-state index in [0.717, 1.165) is 43.9 Å². The maximum absolute atomic E-state index is 16.6. The van der Waals surface area contributed by atoms with Gasteiger partial charge in [0.2, 0.25) is 0 Å². The Labute approximate surface area is 262 Å². The van der Waals surface area contributed by atoms with E-state index in [1.807, 2.05) is 11.0 Å². The van der Waals surface area contributed by atoms with E-state index in [1.54, 1.807) is 0 Å². The molecule has 2 saturated heterocycles. The van der Waals surface area contributed by atoms with Crippen molar-refractivity contribution in [3.05, 3.63) is 46.0 Å². The molecule has 5 heterocycles. The molecule has 0 spiro atoms. The minimum absolute atomic E-state index is 0.0301. The van der Waals surface area contributed by atoms with Gasteiger partial charge < -0.3 is 21.1 Å². The lowest BCUT2D eigenvalue weighted by molar-refractivity contribution is 0.165. The average molecular weight is 643 g/mol. The zero-order valence-corrected chi connectivity index (χ0v) is 25.4. The van der Waals surface area contributed by atoms with E-state index in [1.165, 1.54) is 6.20 Å². The second kappa shape index (κ2) is 11.7. The number of nitriles is 1. The molecule has 3 aliphatic heterocycles. The van der Waals surface area contributed by atoms with Crippen LogP contribution < -0.4 is 21.1 Å². The lowest BCUT2D eigenvalue weighted by Gasteiger charge is -2.27. The molecule has 1 saturated carbocycles. The first kappa shape index (κ1) is 30.3. The fraction of sp³-hybridized carbons (Fsp3) is 0.548. The van der Waals surface area contributed by atoms with Crippen LogP contribution in [0, 0.1) is 28.5 Å². The first-order valence-electron chi connectivity index (χ1n) is 15.4. The number of pyridine rings is 1. The summed E-state index contributed by atoms with van der Waals surface area (Å²) in [5.41, 5.74) is 11.4. The molecule has 4 N–H and O–H groups in total. The number of alkyl halides is 1. The van der Waals surface area contributed by atoms with Crippen LogP contribution in [0.3, 0.4) is 0 Å². The van der Waals surface area contributed by atoms with Gasteiger partial charge >= 0.3 is 6.01 Å². The standard InChI is InChI=1S/C31H34F4N8OS/c32-16-4-8-42(12-16)14-31(5-6-31)15-44-30-40-25-19(29(41-30)43-7-2-1-3-17(37)13-43)11-39-26(24(25)35)23-20(33)9-21(34)27-22(23)18(10-36)28(38)45-27/h9,11,16-17,22,27H,1-8,12-15,37-38H2/t16-,17?,22?,27?/m1/s1. The van der Waals surface area contributed by atoms with Crippen LogP contribution in [0.25, 0.3) is 16.5 Å². The number of allylic oxidation sites excluding steroid dienone is 4. The summed E-state index contributed by atoms with van der Waals surface area (Å²) in [7, 11) is 0. The number of hydrogen-bond acceptors (Lipinski definition) is 10. The molecule has 45 heavy (non-hydrogen) atoms. The zero-order chi connectivity index (χ0) is 31.5. The average Bonchev–Trinajstić information content (AvgIpc) is 3.60. The quantitative estimate of drug-likeness (QED) is 0.412. The summed E-state index contributed by atoms with van der Waals surface area (Å²) in [6.45, 7) is 3.22. The summed E-state index contributed by atoms with van der Waals surface area (Å²) >= 11 is 0.904. The fourth-order valence-corrected chi connectivity index (χ4v) is 8.09. The van der Waals surface area contributed by atoms with Gasteiger partial charge in [-0.1, -0.05) is 18.2 Å². The van der Waals surface area contributed by atoms with Gasteiger partial charge in [0.1, 0.15) is 34.9 Å². The van der Waals surface area contributed by atoms with Gasteiger partial charge in [0.15, 0.2) is 5.82 Å². The van der Waals surface area contributed by atoms with Crippen LogP contribution >= 0.6 is 11.8 Å². The highest BCUT2D eigenvalue weighted by molar-refractivity contribution is 8.04. The van der Waals surface area contributed by atoms with Crippen LogP contribution in [0.15, 0.2) is 34.5 Å². The van der Waals surface area contributed by atoms with Crippen molar-refractivity contribution < 1.29 is 22.3 Å². The first-order chi connectivity index (χ1) is 21.7. The molecule has 3 unspecified atom stereocenters. The lowest BCUT2D eigenvalue weighted by atomic mass is 9.82. The number of nitrogens with zero attached hydrogens (tertiary/aromatic N) is 6. The molecular formula is C31H34F4N8OS. The van der Waals surface area contributed by atoms with E-state index in [4.69, 9.17) is 21.2 Å². The number of anilines is 1. The number of hydrogen-bond donors (Lipinski definition) is 2. The Bertz CT molecular complexity index is 1670. The highest BCUT2D eigenvalue weighted by Crippen LogP contribution is 2.53. The summed E-state index contributed by atoms with van der Waals surface area (Å²) < 4.78 is 66.9. The van der Waals surface area contributed by atoms with Crippen molar-refractivity contribution in [1.82, 2.24) is 19.9 Å². The van der Waals surface area contributed by atoms with E-state index in [9.17, 15) is 14.0 Å². The van der Waals surface area contributed by atoms with Crippen molar-refractivity contribution in [2.24, 2.45) is 22.8 Å². The molecular weight excluding hydrogens is 608 g/mol. The Morgan fingerprint density at radius 1 is 1.13 bits per heavy atom. The highest BCUT2D eigenvalue weighted by atomic mass is 32.2. The number of ether oxygens (including phenoxy) is 1. The Morgan fingerprint density at radius 3 is 2.69 bits per heavy atom. The number of nitrogens with two attached hydrogens (primary N) is 2. The van der Waals surface area contributed by atoms with Gasteiger partial charge in [0.05, 0.1) is 33.9 Å². The summed E-state index contributed by atoms with van der Waals surface area (Å²) in [4.78, 5) is 17.6. The normalized spacial score (nSPS) is 28.3. The van der Waals surface area contributed by atoms with Crippen molar-refractivity contribution in [3.8, 4) is 12.1 Å². The second-order valence-corrected chi connectivity index (χ2v) is 14.0. The second-order valence-electron chi connectivity index (χ2n) is 12.8. The first-order valence-corrected chi connectivity index (χ1v) is 16.2. The summed E-state index contributed by atoms with van der Waals surface area (Å²) in [6, 6.07) is 1.79. The predicted molar refractivity (Wildman–Crippen MR) is 163 cm³/mol. The molecule has 14 heteroatoms. The van der Waals surface area contributed by atoms with Crippen LogP contribution in [0.1, 0.15) is 44.2 Å². The topological polar surface area (TPSA) is 130 Å². The molecule has 238 valence electrons. The van der Waals surface area contributed by atoms with Crippen LogP contribution in [-0.2, 0) is 0 Å².